The van der Waals surface area contributed by atoms with E-state index in [-0.39, 0.29) is 24.1 Å². The second-order valence-corrected chi connectivity index (χ2v) is 5.77. The molecule has 4 N–H and O–H groups in total. The molecule has 0 aliphatic carbocycles. The molecule has 0 aromatic rings. The fraction of sp³-hybridized carbons (Fsp3) is 0.889. The zero-order chi connectivity index (χ0) is 12.8. The van der Waals surface area contributed by atoms with Crippen LogP contribution in [0.4, 0.5) is 0 Å². The summed E-state index contributed by atoms with van der Waals surface area (Å²) < 4.78 is 24.3. The molecule has 2 atom stereocenters. The fourth-order valence-electron chi connectivity index (χ4n) is 1.04. The second kappa shape index (κ2) is 6.82. The maximum atomic E-state index is 11.5. The third kappa shape index (κ3) is 5.43. The second-order valence-electron chi connectivity index (χ2n) is 3.73. The topological polar surface area (TPSA) is 101 Å². The quantitative estimate of drug-likeness (QED) is 0.541. The molecule has 7 heteroatoms. The summed E-state index contributed by atoms with van der Waals surface area (Å²) >= 11 is 0. The number of sulfonamides is 1. The highest BCUT2D eigenvalue weighted by Gasteiger charge is 2.19. The van der Waals surface area contributed by atoms with Crippen LogP contribution in [-0.2, 0) is 14.8 Å². The van der Waals surface area contributed by atoms with Crippen LogP contribution in [0.15, 0.2) is 0 Å². The molecule has 96 valence electrons. The van der Waals surface area contributed by atoms with E-state index in [9.17, 15) is 13.2 Å². The molecule has 0 fully saturated rings. The van der Waals surface area contributed by atoms with Gasteiger partial charge in [0, 0.05) is 6.54 Å². The van der Waals surface area contributed by atoms with Gasteiger partial charge in [0.1, 0.15) is 0 Å². The number of carbonyl (C=O) groups is 1. The van der Waals surface area contributed by atoms with E-state index in [4.69, 9.17) is 5.73 Å². The number of hydrogen-bond donors (Lipinski definition) is 3. The average Bonchev–Trinajstić information content (AvgIpc) is 2.26. The zero-order valence-corrected chi connectivity index (χ0v) is 10.8. The van der Waals surface area contributed by atoms with E-state index in [1.54, 1.807) is 0 Å². The van der Waals surface area contributed by atoms with E-state index in [0.29, 0.717) is 0 Å². The Morgan fingerprint density at radius 2 is 2.00 bits per heavy atom. The maximum Gasteiger partial charge on any atom is 0.237 e. The predicted octanol–water partition coefficient (Wildman–Crippen LogP) is -0.975. The number of hydrogen-bond acceptors (Lipinski definition) is 4. The first kappa shape index (κ1) is 15.3. The lowest BCUT2D eigenvalue weighted by atomic mass is 9.99. The van der Waals surface area contributed by atoms with Gasteiger partial charge in [0.25, 0.3) is 0 Å². The Balaban J connectivity index is 4.00. The molecule has 0 heterocycles. The lowest BCUT2D eigenvalue weighted by Crippen LogP contribution is -2.46. The Labute approximate surface area is 97.0 Å². The van der Waals surface area contributed by atoms with Gasteiger partial charge in [-0.2, -0.15) is 0 Å². The van der Waals surface area contributed by atoms with Crippen molar-refractivity contribution in [3.63, 3.8) is 0 Å². The van der Waals surface area contributed by atoms with Crippen molar-refractivity contribution in [2.24, 2.45) is 11.7 Å². The highest BCUT2D eigenvalue weighted by Crippen LogP contribution is 2.04. The molecular weight excluding hydrogens is 230 g/mol. The summed E-state index contributed by atoms with van der Waals surface area (Å²) in [5.74, 6) is -0.357. The lowest BCUT2D eigenvalue weighted by molar-refractivity contribution is -0.123. The number of nitrogens with two attached hydrogens (primary N) is 1. The summed E-state index contributed by atoms with van der Waals surface area (Å²) in [4.78, 5) is 11.5. The summed E-state index contributed by atoms with van der Waals surface area (Å²) in [6, 6.07) is -0.581. The molecule has 0 aromatic carbocycles. The van der Waals surface area contributed by atoms with E-state index in [1.165, 1.54) is 7.05 Å². The van der Waals surface area contributed by atoms with E-state index in [2.05, 4.69) is 10.0 Å². The minimum atomic E-state index is -3.27. The Hall–Kier alpha value is -0.660. The first-order valence-electron chi connectivity index (χ1n) is 5.28. The van der Waals surface area contributed by atoms with Gasteiger partial charge in [0.05, 0.1) is 11.8 Å². The largest absolute Gasteiger partial charge is 0.354 e. The fourth-order valence-corrected chi connectivity index (χ4v) is 1.62. The zero-order valence-electron chi connectivity index (χ0n) is 9.99. The maximum absolute atomic E-state index is 11.5. The molecule has 0 aromatic heterocycles. The van der Waals surface area contributed by atoms with Crippen LogP contribution in [0.1, 0.15) is 20.3 Å². The molecular formula is C9H21N3O3S. The third-order valence-electron chi connectivity index (χ3n) is 2.54. The summed E-state index contributed by atoms with van der Waals surface area (Å²) in [5, 5.41) is 2.50. The molecule has 6 nitrogen and oxygen atoms in total. The molecule has 0 aliphatic heterocycles. The normalized spacial score (nSPS) is 15.5. The van der Waals surface area contributed by atoms with Gasteiger partial charge >= 0.3 is 0 Å². The molecule has 1 unspecified atom stereocenters. The van der Waals surface area contributed by atoms with E-state index < -0.39 is 16.1 Å². The number of amides is 1. The molecule has 16 heavy (non-hydrogen) atoms. The van der Waals surface area contributed by atoms with Crippen molar-refractivity contribution in [1.82, 2.24) is 10.0 Å². The van der Waals surface area contributed by atoms with Crippen molar-refractivity contribution in [1.29, 1.82) is 0 Å². The Morgan fingerprint density at radius 3 is 2.44 bits per heavy atom. The highest BCUT2D eigenvalue weighted by atomic mass is 32.2. The molecule has 0 saturated heterocycles. The van der Waals surface area contributed by atoms with E-state index >= 15 is 0 Å². The van der Waals surface area contributed by atoms with Gasteiger partial charge in [-0.1, -0.05) is 20.3 Å². The monoisotopic (exact) mass is 251 g/mol. The first-order valence-corrected chi connectivity index (χ1v) is 6.93. The van der Waals surface area contributed by atoms with Gasteiger partial charge in [-0.3, -0.25) is 4.79 Å². The minimum Gasteiger partial charge on any atom is -0.354 e. The van der Waals surface area contributed by atoms with Crippen LogP contribution in [0.3, 0.4) is 0 Å². The molecule has 1 amide bonds. The molecule has 0 bridgehead atoms. The Kier molecular flexibility index (Phi) is 6.54. The predicted molar refractivity (Wildman–Crippen MR) is 63.3 cm³/mol. The van der Waals surface area contributed by atoms with Crippen molar-refractivity contribution in [3.05, 3.63) is 0 Å². The Bertz CT molecular complexity index is 316. The SMILES string of the molecule is CCC(C)[C@H](N)C(=O)NCCS(=O)(=O)NC. The summed E-state index contributed by atoms with van der Waals surface area (Å²) in [7, 11) is -1.94. The van der Waals surface area contributed by atoms with Gasteiger partial charge in [0.2, 0.25) is 15.9 Å². The van der Waals surface area contributed by atoms with Crippen LogP contribution >= 0.6 is 0 Å². The number of nitrogens with one attached hydrogen (secondary N) is 2. The summed E-state index contributed by atoms with van der Waals surface area (Å²) in [6.45, 7) is 3.91. The van der Waals surface area contributed by atoms with E-state index in [1.807, 2.05) is 13.8 Å². The van der Waals surface area contributed by atoms with Crippen molar-refractivity contribution in [3.8, 4) is 0 Å². The van der Waals surface area contributed by atoms with Gasteiger partial charge in [-0.25, -0.2) is 13.1 Å². The highest BCUT2D eigenvalue weighted by molar-refractivity contribution is 7.89. The van der Waals surface area contributed by atoms with Crippen LogP contribution in [0.25, 0.3) is 0 Å². The molecule has 0 spiro atoms. The standard InChI is InChI=1S/C9H21N3O3S/c1-4-7(2)8(10)9(13)12-5-6-16(14,15)11-3/h7-8,11H,4-6,10H2,1-3H3,(H,12,13)/t7?,8-/m0/s1. The van der Waals surface area contributed by atoms with Crippen molar-refractivity contribution in [2.75, 3.05) is 19.3 Å². The molecule has 0 aliphatic rings. The average molecular weight is 251 g/mol. The molecule has 0 radical (unpaired) electrons. The van der Waals surface area contributed by atoms with Gasteiger partial charge in [-0.05, 0) is 13.0 Å². The van der Waals surface area contributed by atoms with Crippen LogP contribution in [-0.4, -0.2) is 39.7 Å². The van der Waals surface area contributed by atoms with E-state index in [0.717, 1.165) is 6.42 Å². The van der Waals surface area contributed by atoms with Gasteiger partial charge < -0.3 is 11.1 Å². The van der Waals surface area contributed by atoms with Gasteiger partial charge in [0.15, 0.2) is 0 Å². The van der Waals surface area contributed by atoms with Crippen LogP contribution in [0.2, 0.25) is 0 Å². The third-order valence-corrected chi connectivity index (χ3v) is 3.90. The molecule has 0 saturated carbocycles. The van der Waals surface area contributed by atoms with Crippen molar-refractivity contribution in [2.45, 2.75) is 26.3 Å². The van der Waals surface area contributed by atoms with Crippen molar-refractivity contribution < 1.29 is 13.2 Å². The Morgan fingerprint density at radius 1 is 1.44 bits per heavy atom. The van der Waals surface area contributed by atoms with Crippen LogP contribution in [0, 0.1) is 5.92 Å². The summed E-state index contributed by atoms with van der Waals surface area (Å²) in [5.41, 5.74) is 5.68. The lowest BCUT2D eigenvalue weighted by Gasteiger charge is -2.17. The van der Waals surface area contributed by atoms with Crippen LogP contribution < -0.4 is 15.8 Å². The van der Waals surface area contributed by atoms with Crippen molar-refractivity contribution >= 4 is 15.9 Å². The number of rotatable bonds is 7. The number of carbonyl (C=O) groups excluding carboxylic acids is 1. The summed E-state index contributed by atoms with van der Waals surface area (Å²) in [6.07, 6.45) is 0.809. The van der Waals surface area contributed by atoms with Crippen LogP contribution in [0.5, 0.6) is 0 Å². The smallest absolute Gasteiger partial charge is 0.237 e. The molecule has 0 rings (SSSR count). The van der Waals surface area contributed by atoms with Gasteiger partial charge in [-0.15, -0.1) is 0 Å². The minimum absolute atomic E-state index is 0.0755. The first-order chi connectivity index (χ1) is 7.34.